The molecule has 0 radical (unpaired) electrons. The molecule has 4 rings (SSSR count). The molecule has 2 aliphatic rings. The number of aliphatic carboxylic acids is 1. The van der Waals surface area contributed by atoms with Crippen LogP contribution in [0.5, 0.6) is 5.75 Å². The van der Waals surface area contributed by atoms with Gasteiger partial charge in [0.2, 0.25) is 0 Å². The largest absolute Gasteiger partial charge is 0.508 e. The molecule has 0 bridgehead atoms. The highest BCUT2D eigenvalue weighted by Gasteiger charge is 2.53. The number of carboxylic acids is 1. The Morgan fingerprint density at radius 2 is 1.74 bits per heavy atom. The zero-order chi connectivity index (χ0) is 42.0. The Balaban J connectivity index is 1.91. The molecule has 9 nitrogen and oxygen atoms in total. The van der Waals surface area contributed by atoms with Gasteiger partial charge in [0.05, 0.1) is 24.4 Å². The van der Waals surface area contributed by atoms with Crippen molar-refractivity contribution in [1.82, 2.24) is 10.6 Å². The first-order valence-electron chi connectivity index (χ1n) is 22.1. The van der Waals surface area contributed by atoms with E-state index in [1.165, 1.54) is 0 Å². The van der Waals surface area contributed by atoms with Crippen molar-refractivity contribution in [2.45, 2.75) is 178 Å². The van der Waals surface area contributed by atoms with E-state index in [-0.39, 0.29) is 30.7 Å². The van der Waals surface area contributed by atoms with Gasteiger partial charge >= 0.3 is 5.97 Å². The molecule has 320 valence electrons. The number of phenols is 1. The van der Waals surface area contributed by atoms with Gasteiger partial charge in [-0.3, -0.25) is 4.79 Å². The van der Waals surface area contributed by atoms with Crippen molar-refractivity contribution in [3.8, 4) is 17.6 Å². The fraction of sp³-hybridized carbons (Fsp3) is 0.612. The minimum absolute atomic E-state index is 0.0155. The summed E-state index contributed by atoms with van der Waals surface area (Å²) in [6.07, 6.45) is 15.0. The molecule has 1 fully saturated rings. The molecule has 0 unspecified atom stereocenters. The number of carbonyl (C=O) groups is 1. The maximum Gasteiger partial charge on any atom is 0.303 e. The number of rotatable bonds is 21. The number of hydrogen-bond acceptors (Lipinski definition) is 8. The number of aliphatic hydroxyl groups is 4. The number of hydrogen-bond donors (Lipinski definition) is 8. The molecule has 58 heavy (non-hydrogen) atoms. The highest BCUT2D eigenvalue weighted by molar-refractivity contribution is 5.66. The quantitative estimate of drug-likeness (QED) is 0.0469. The molecule has 0 spiro atoms. The van der Waals surface area contributed by atoms with Crippen LogP contribution in [0.25, 0.3) is 0 Å². The number of aliphatic hydroxyl groups excluding tert-OH is 3. The third-order valence-corrected chi connectivity index (χ3v) is 12.8. The molecule has 0 amide bonds. The van der Waals surface area contributed by atoms with E-state index >= 15 is 0 Å². The van der Waals surface area contributed by atoms with Crippen molar-refractivity contribution in [3.05, 3.63) is 88.5 Å². The van der Waals surface area contributed by atoms with Crippen LogP contribution in [0.15, 0.2) is 71.8 Å². The van der Waals surface area contributed by atoms with Crippen LogP contribution in [-0.2, 0) is 16.6 Å². The maximum atomic E-state index is 13.3. The summed E-state index contributed by atoms with van der Waals surface area (Å²) in [6.45, 7) is 6.41. The van der Waals surface area contributed by atoms with E-state index in [1.807, 2.05) is 56.3 Å². The number of carboxylic acid groups (broad SMARTS) is 1. The fourth-order valence-electron chi connectivity index (χ4n) is 9.35. The van der Waals surface area contributed by atoms with Gasteiger partial charge in [-0.1, -0.05) is 113 Å². The average molecular weight is 801 g/mol. The van der Waals surface area contributed by atoms with Crippen LogP contribution in [-0.4, -0.2) is 85.7 Å². The Morgan fingerprint density at radius 1 is 1.00 bits per heavy atom. The highest BCUT2D eigenvalue weighted by atomic mass is 16.4. The van der Waals surface area contributed by atoms with Crippen LogP contribution < -0.4 is 10.6 Å². The lowest BCUT2D eigenvalue weighted by Crippen LogP contribution is -2.63. The van der Waals surface area contributed by atoms with Crippen molar-refractivity contribution in [3.63, 3.8) is 0 Å². The Morgan fingerprint density at radius 3 is 2.43 bits per heavy atom. The Hall–Kier alpha value is -3.49. The molecule has 0 aromatic heterocycles. The van der Waals surface area contributed by atoms with Gasteiger partial charge in [-0.15, -0.1) is 0 Å². The van der Waals surface area contributed by atoms with Gasteiger partial charge in [-0.05, 0) is 112 Å². The number of unbranched alkanes of at least 4 members (excludes halogenated alkanes) is 2. The smallest absolute Gasteiger partial charge is 0.303 e. The first-order valence-corrected chi connectivity index (χ1v) is 22.1. The van der Waals surface area contributed by atoms with E-state index in [0.29, 0.717) is 38.5 Å². The maximum absolute atomic E-state index is 13.3. The minimum atomic E-state index is -1.32. The van der Waals surface area contributed by atoms with Crippen LogP contribution in [0, 0.1) is 11.8 Å². The summed E-state index contributed by atoms with van der Waals surface area (Å²) in [5.74, 6) is 6.30. The monoisotopic (exact) mass is 801 g/mol. The van der Waals surface area contributed by atoms with Crippen LogP contribution in [0.1, 0.15) is 147 Å². The molecule has 9 heteroatoms. The number of aryl methyl sites for hydroxylation is 1. The van der Waals surface area contributed by atoms with Gasteiger partial charge in [-0.25, -0.2) is 0 Å². The number of fused-ring (bicyclic) bond motifs is 1. The van der Waals surface area contributed by atoms with Gasteiger partial charge in [0.1, 0.15) is 5.75 Å². The molecule has 8 N–H and O–H groups in total. The molecule has 6 atom stereocenters. The van der Waals surface area contributed by atoms with Crippen LogP contribution in [0.2, 0.25) is 0 Å². The summed E-state index contributed by atoms with van der Waals surface area (Å²) < 4.78 is 0. The molecular weight excluding hydrogens is 729 g/mol. The lowest BCUT2D eigenvalue weighted by atomic mass is 9.57. The highest BCUT2D eigenvalue weighted by Crippen LogP contribution is 2.49. The second-order valence-electron chi connectivity index (χ2n) is 16.9. The van der Waals surface area contributed by atoms with Crippen molar-refractivity contribution < 1.29 is 35.4 Å². The Kier molecular flexibility index (Phi) is 19.5. The number of benzene rings is 2. The second kappa shape index (κ2) is 23.9. The third-order valence-electron chi connectivity index (χ3n) is 12.8. The van der Waals surface area contributed by atoms with E-state index in [2.05, 4.69) is 35.5 Å². The number of aromatic hydroxyl groups is 1. The summed E-state index contributed by atoms with van der Waals surface area (Å²) in [5, 5.41) is 73.1. The topological polar surface area (TPSA) is 163 Å². The third kappa shape index (κ3) is 13.5. The minimum Gasteiger partial charge on any atom is -0.508 e. The molecule has 2 aromatic carbocycles. The van der Waals surface area contributed by atoms with Crippen molar-refractivity contribution in [2.24, 2.45) is 0 Å². The summed E-state index contributed by atoms with van der Waals surface area (Å²) >= 11 is 0. The lowest BCUT2D eigenvalue weighted by Gasteiger charge is -2.52. The number of allylic oxidation sites excluding steroid dienone is 2. The summed E-state index contributed by atoms with van der Waals surface area (Å²) in [5.41, 5.74) is 2.96. The van der Waals surface area contributed by atoms with E-state index in [1.54, 1.807) is 12.1 Å². The SMILES string of the molecule is CCCCC[C@H](O)/C=C/C1=C(\C[C@H](O)CO)[C@H](CCC[C@H](CCC(=O)O)NCC)N[C@@H]([C@@](C)(O)C2(c3ccc(O)cc3)CCCCC2)CC#Cc2ccccc2CC1. The van der Waals surface area contributed by atoms with E-state index in [4.69, 9.17) is 0 Å². The van der Waals surface area contributed by atoms with Gasteiger partial charge in [0, 0.05) is 41.9 Å². The molecule has 1 saturated carbocycles. The normalized spacial score (nSPS) is 22.7. The summed E-state index contributed by atoms with van der Waals surface area (Å²) in [6, 6.07) is 14.6. The zero-order valence-electron chi connectivity index (χ0n) is 35.4. The van der Waals surface area contributed by atoms with Crippen LogP contribution >= 0.6 is 0 Å². The molecule has 1 aliphatic heterocycles. The lowest BCUT2D eigenvalue weighted by molar-refractivity contribution is -0.137. The molecule has 1 aliphatic carbocycles. The van der Waals surface area contributed by atoms with Crippen molar-refractivity contribution in [1.29, 1.82) is 0 Å². The van der Waals surface area contributed by atoms with Crippen molar-refractivity contribution >= 4 is 5.97 Å². The van der Waals surface area contributed by atoms with Gasteiger partial charge in [-0.2, -0.15) is 0 Å². The summed E-state index contributed by atoms with van der Waals surface area (Å²) in [4.78, 5) is 11.5. The van der Waals surface area contributed by atoms with E-state index in [0.717, 1.165) is 98.6 Å². The molecule has 1 heterocycles. The standard InChI is InChI=1S/C49H72N2O7/c1-4-6-8-19-41(53)28-24-38-23-22-37-16-10-9-15-36(37)17-13-21-46(48(3,58)49(32-11-7-12-33-49)39-25-29-42(54)30-26-39)51-45(44(38)34-43(55)35-52)20-14-18-40(50-5-2)27-31-47(56)57/h9-10,15-16,24-26,28-30,40-41,43,45-46,50-55,58H,4-8,11-12,14,18-23,27,31-35H2,1-3H3,(H,56,57)/b28-24+,44-38+/t40-,41+,43+,45+,46-,48-/m1/s1. The van der Waals surface area contributed by atoms with E-state index < -0.39 is 41.8 Å². The van der Waals surface area contributed by atoms with Gasteiger partial charge in [0.25, 0.3) is 0 Å². The predicted molar refractivity (Wildman–Crippen MR) is 233 cm³/mol. The first-order chi connectivity index (χ1) is 27.9. The Labute approximate surface area is 348 Å². The molecular formula is C49H72N2O7. The van der Waals surface area contributed by atoms with E-state index in [9.17, 15) is 35.4 Å². The van der Waals surface area contributed by atoms with Crippen LogP contribution in [0.3, 0.4) is 0 Å². The zero-order valence-corrected chi connectivity index (χ0v) is 35.4. The Bertz CT molecular complexity index is 1670. The average Bonchev–Trinajstić information content (AvgIpc) is 3.21. The first kappa shape index (κ1) is 47.2. The molecule has 0 saturated heterocycles. The van der Waals surface area contributed by atoms with Crippen LogP contribution in [0.4, 0.5) is 0 Å². The predicted octanol–water partition coefficient (Wildman–Crippen LogP) is 7.61. The van der Waals surface area contributed by atoms with Crippen molar-refractivity contribution in [2.75, 3.05) is 13.2 Å². The molecule has 2 aromatic rings. The summed E-state index contributed by atoms with van der Waals surface area (Å²) in [7, 11) is 0. The number of nitrogens with one attached hydrogen (secondary N) is 2. The fourth-order valence-corrected chi connectivity index (χ4v) is 9.35. The van der Waals surface area contributed by atoms with Gasteiger partial charge < -0.3 is 41.3 Å². The van der Waals surface area contributed by atoms with Gasteiger partial charge in [0.15, 0.2) is 0 Å². The second-order valence-corrected chi connectivity index (χ2v) is 16.9. The number of phenolic OH excluding ortho intramolecular Hbond substituents is 1.